The lowest BCUT2D eigenvalue weighted by molar-refractivity contribution is 0.489. The van der Waals surface area contributed by atoms with E-state index in [0.29, 0.717) is 0 Å². The van der Waals surface area contributed by atoms with Gasteiger partial charge in [0.1, 0.15) is 23.0 Å². The molecule has 1 aromatic heterocycles. The average molecular weight is 776 g/mol. The number of hydrogen-bond donors (Lipinski definition) is 0. The van der Waals surface area contributed by atoms with Crippen LogP contribution >= 0.6 is 0 Å². The molecular weight excluding hydrogens is 739 g/mol. The largest absolute Gasteiger partial charge is 0.457 e. The summed E-state index contributed by atoms with van der Waals surface area (Å²) in [6.45, 7) is 0. The lowest BCUT2D eigenvalue weighted by Crippen LogP contribution is -2.76. The molecule has 0 saturated carbocycles. The summed E-state index contributed by atoms with van der Waals surface area (Å²) < 4.78 is 14.1. The standard InChI is InChI=1S/C53H37NO2Si2/c1-5-19-40(20-6-1)57(41-21-7-2-8-22-41)48-31-15-13-29-46(48)55-52-44(27-17-33-50(52)57)38-35-39(37-54-36-38)45-28-18-34-51-53(45)56-47-30-14-16-32-49(47)58(51,42-23-9-3-10-24-42)43-25-11-4-12-26-43/h1-37H. The van der Waals surface area contributed by atoms with Crippen LogP contribution in [0.1, 0.15) is 0 Å². The van der Waals surface area contributed by atoms with Crippen molar-refractivity contribution >= 4 is 57.6 Å². The van der Waals surface area contributed by atoms with Crippen molar-refractivity contribution in [3.8, 4) is 45.3 Å². The number of benzene rings is 8. The average Bonchev–Trinajstić information content (AvgIpc) is 3.31. The Morgan fingerprint density at radius 1 is 0.310 bits per heavy atom. The summed E-state index contributed by atoms with van der Waals surface area (Å²) in [7, 11) is -5.63. The Morgan fingerprint density at radius 3 is 1.02 bits per heavy atom. The molecular formula is C53H37NO2Si2. The summed E-state index contributed by atoms with van der Waals surface area (Å²) in [6, 6.07) is 76.9. The van der Waals surface area contributed by atoms with Gasteiger partial charge in [-0.05, 0) is 59.7 Å². The van der Waals surface area contributed by atoms with E-state index in [4.69, 9.17) is 14.5 Å². The van der Waals surface area contributed by atoms with Gasteiger partial charge in [-0.2, -0.15) is 0 Å². The van der Waals surface area contributed by atoms with Crippen LogP contribution in [0.3, 0.4) is 0 Å². The molecule has 5 heteroatoms. The van der Waals surface area contributed by atoms with Crippen LogP contribution in [0, 0.1) is 0 Å². The highest BCUT2D eigenvalue weighted by Crippen LogP contribution is 2.41. The number of ether oxygens (including phenoxy) is 2. The molecule has 9 aromatic rings. The predicted molar refractivity (Wildman–Crippen MR) is 242 cm³/mol. The van der Waals surface area contributed by atoms with Crippen LogP contribution < -0.4 is 51.0 Å². The third-order valence-electron chi connectivity index (χ3n) is 12.0. The Kier molecular flexibility index (Phi) is 8.17. The normalized spacial score (nSPS) is 14.1. The number of nitrogens with zero attached hydrogens (tertiary/aromatic N) is 1. The van der Waals surface area contributed by atoms with E-state index < -0.39 is 16.1 Å². The first-order valence-corrected chi connectivity index (χ1v) is 23.8. The molecule has 0 N–H and O–H groups in total. The number of rotatable bonds is 6. The van der Waals surface area contributed by atoms with E-state index >= 15 is 0 Å². The summed E-state index contributed by atoms with van der Waals surface area (Å²) in [4.78, 5) is 4.94. The molecule has 0 atom stereocenters. The van der Waals surface area contributed by atoms with Crippen molar-refractivity contribution in [3.05, 3.63) is 225 Å². The summed E-state index contributed by atoms with van der Waals surface area (Å²) in [5, 5.41) is 10.2. The molecule has 11 rings (SSSR count). The van der Waals surface area contributed by atoms with Crippen molar-refractivity contribution < 1.29 is 9.47 Å². The monoisotopic (exact) mass is 775 g/mol. The van der Waals surface area contributed by atoms with Crippen LogP contribution in [0.25, 0.3) is 22.3 Å². The second-order valence-corrected chi connectivity index (χ2v) is 22.5. The van der Waals surface area contributed by atoms with Gasteiger partial charge in [0.25, 0.3) is 0 Å². The molecule has 0 amide bonds. The molecule has 0 bridgehead atoms. The third-order valence-corrected chi connectivity index (χ3v) is 21.7. The topological polar surface area (TPSA) is 31.4 Å². The number of para-hydroxylation sites is 4. The van der Waals surface area contributed by atoms with Gasteiger partial charge in [-0.25, -0.2) is 0 Å². The van der Waals surface area contributed by atoms with Crippen molar-refractivity contribution in [1.82, 2.24) is 4.98 Å². The van der Waals surface area contributed by atoms with E-state index in [-0.39, 0.29) is 0 Å². The van der Waals surface area contributed by atoms with E-state index in [9.17, 15) is 0 Å². The zero-order valence-electron chi connectivity index (χ0n) is 31.6. The van der Waals surface area contributed by atoms with Gasteiger partial charge in [0.2, 0.25) is 0 Å². The first kappa shape index (κ1) is 34.2. The van der Waals surface area contributed by atoms with E-state index in [2.05, 4.69) is 212 Å². The molecule has 2 aliphatic heterocycles. The summed E-state index contributed by atoms with van der Waals surface area (Å²) in [6.07, 6.45) is 3.94. The maximum atomic E-state index is 7.05. The Morgan fingerprint density at radius 2 is 0.638 bits per heavy atom. The van der Waals surface area contributed by atoms with Crippen LogP contribution in [0.2, 0.25) is 0 Å². The van der Waals surface area contributed by atoms with Crippen molar-refractivity contribution in [1.29, 1.82) is 0 Å². The smallest absolute Gasteiger partial charge is 0.188 e. The number of pyridine rings is 1. The van der Waals surface area contributed by atoms with E-state index in [0.717, 1.165) is 45.3 Å². The molecule has 0 unspecified atom stereocenters. The molecule has 0 spiro atoms. The zero-order chi connectivity index (χ0) is 38.5. The third kappa shape index (κ3) is 5.07. The highest BCUT2D eigenvalue weighted by Gasteiger charge is 2.50. The van der Waals surface area contributed by atoms with Crippen LogP contribution in [-0.2, 0) is 0 Å². The lowest BCUT2D eigenvalue weighted by atomic mass is 10.0. The number of aromatic nitrogens is 1. The second-order valence-electron chi connectivity index (χ2n) is 15.0. The molecule has 0 aliphatic carbocycles. The van der Waals surface area contributed by atoms with Gasteiger partial charge in [-0.15, -0.1) is 0 Å². The molecule has 8 aromatic carbocycles. The minimum absolute atomic E-state index is 0.888. The highest BCUT2D eigenvalue weighted by atomic mass is 28.3. The molecule has 2 aliphatic rings. The summed E-state index contributed by atoms with van der Waals surface area (Å²) >= 11 is 0. The van der Waals surface area contributed by atoms with Gasteiger partial charge in [0.05, 0.1) is 0 Å². The molecule has 3 nitrogen and oxygen atoms in total. The van der Waals surface area contributed by atoms with Crippen LogP contribution in [0.15, 0.2) is 225 Å². The van der Waals surface area contributed by atoms with Gasteiger partial charge in [-0.3, -0.25) is 4.98 Å². The first-order valence-electron chi connectivity index (χ1n) is 19.8. The zero-order valence-corrected chi connectivity index (χ0v) is 33.6. The molecule has 58 heavy (non-hydrogen) atoms. The van der Waals surface area contributed by atoms with Gasteiger partial charge < -0.3 is 9.47 Å². The fraction of sp³-hybridized carbons (Fsp3) is 0. The quantitative estimate of drug-likeness (QED) is 0.165. The lowest BCUT2D eigenvalue weighted by Gasteiger charge is -2.40. The summed E-state index contributed by atoms with van der Waals surface area (Å²) in [5.41, 5.74) is 4.00. The molecule has 0 saturated heterocycles. The molecule has 0 fully saturated rings. The molecule has 3 heterocycles. The Labute approximate surface area is 340 Å². The Bertz CT molecular complexity index is 2680. The van der Waals surface area contributed by atoms with Gasteiger partial charge in [0.15, 0.2) is 16.1 Å². The Balaban J connectivity index is 1.13. The van der Waals surface area contributed by atoms with Crippen molar-refractivity contribution in [2.45, 2.75) is 0 Å². The van der Waals surface area contributed by atoms with E-state index in [1.165, 1.54) is 41.5 Å². The number of hydrogen-bond acceptors (Lipinski definition) is 3. The van der Waals surface area contributed by atoms with Crippen molar-refractivity contribution in [2.24, 2.45) is 0 Å². The number of fused-ring (bicyclic) bond motifs is 4. The van der Waals surface area contributed by atoms with Crippen molar-refractivity contribution in [2.75, 3.05) is 0 Å². The maximum Gasteiger partial charge on any atom is 0.188 e. The minimum atomic E-state index is -2.81. The highest BCUT2D eigenvalue weighted by molar-refractivity contribution is 7.21. The van der Waals surface area contributed by atoms with Crippen LogP contribution in [0.5, 0.6) is 23.0 Å². The van der Waals surface area contributed by atoms with Crippen molar-refractivity contribution in [3.63, 3.8) is 0 Å². The van der Waals surface area contributed by atoms with Crippen LogP contribution in [0.4, 0.5) is 0 Å². The second kappa shape index (κ2) is 13.8. The molecule has 0 radical (unpaired) electrons. The van der Waals surface area contributed by atoms with Crippen LogP contribution in [-0.4, -0.2) is 21.1 Å². The fourth-order valence-corrected chi connectivity index (χ4v) is 19.6. The molecule has 274 valence electrons. The first-order chi connectivity index (χ1) is 28.8. The predicted octanol–water partition coefficient (Wildman–Crippen LogP) is 7.38. The van der Waals surface area contributed by atoms with E-state index in [1.54, 1.807) is 0 Å². The Hall–Kier alpha value is -7.06. The fourth-order valence-electron chi connectivity index (χ4n) is 9.64. The van der Waals surface area contributed by atoms with Gasteiger partial charge in [0, 0.05) is 34.6 Å². The van der Waals surface area contributed by atoms with Gasteiger partial charge in [-0.1, -0.05) is 194 Å². The SMILES string of the molecule is c1ccc([Si]2(c3ccccc3)c3ccccc3Oc3c(-c4cncc(-c5cccc6c5Oc5ccccc5[Si]6(c5ccccc5)c5ccccc5)c4)cccc32)cc1. The van der Waals surface area contributed by atoms with E-state index in [1.807, 2.05) is 12.4 Å². The summed E-state index contributed by atoms with van der Waals surface area (Å²) in [5.74, 6) is 3.58. The van der Waals surface area contributed by atoms with Gasteiger partial charge >= 0.3 is 0 Å². The minimum Gasteiger partial charge on any atom is -0.457 e. The maximum absolute atomic E-state index is 7.05.